The molecule has 2 unspecified atom stereocenters. The van der Waals surface area contributed by atoms with Crippen LogP contribution in [0.15, 0.2) is 115 Å². The molecule has 3 heterocycles. The van der Waals surface area contributed by atoms with Crippen LogP contribution in [0, 0.1) is 11.3 Å². The third-order valence-corrected chi connectivity index (χ3v) is 12.5. The van der Waals surface area contributed by atoms with E-state index >= 15 is 0 Å². The smallest absolute Gasteiger partial charge is 0.326 e. The summed E-state index contributed by atoms with van der Waals surface area (Å²) in [5.41, 5.74) is 7.07. The number of nitrogens with zero attached hydrogens (tertiary/aromatic N) is 3. The van der Waals surface area contributed by atoms with Gasteiger partial charge in [0.1, 0.15) is 31.0 Å². The Morgan fingerprint density at radius 2 is 1.65 bits per heavy atom. The lowest BCUT2D eigenvalue weighted by atomic mass is 9.94. The van der Waals surface area contributed by atoms with E-state index in [1.807, 2.05) is 94.8 Å². The second-order valence-electron chi connectivity index (χ2n) is 14.6. The zero-order valence-corrected chi connectivity index (χ0v) is 37.2. The van der Waals surface area contributed by atoms with Crippen molar-refractivity contribution in [1.29, 1.82) is 5.26 Å². The molecule has 5 aromatic carbocycles. The van der Waals surface area contributed by atoms with E-state index in [0.29, 0.717) is 64.2 Å². The molecule has 63 heavy (non-hydrogen) atoms. The number of nitrogens with one attached hydrogen (secondary N) is 2. The summed E-state index contributed by atoms with van der Waals surface area (Å²) in [6, 6.07) is 32.2. The highest BCUT2D eigenvalue weighted by Gasteiger charge is 2.35. The molecule has 0 aliphatic carbocycles. The van der Waals surface area contributed by atoms with E-state index in [9.17, 15) is 19.5 Å². The number of nitriles is 1. The van der Waals surface area contributed by atoms with Crippen molar-refractivity contribution in [2.75, 3.05) is 18.2 Å². The van der Waals surface area contributed by atoms with Gasteiger partial charge in [0, 0.05) is 31.5 Å². The topological polar surface area (TPSA) is 163 Å². The van der Waals surface area contributed by atoms with Gasteiger partial charge in [-0.1, -0.05) is 89.7 Å². The second-order valence-corrected chi connectivity index (χ2v) is 17.1. The molecule has 0 radical (unpaired) electrons. The van der Waals surface area contributed by atoms with Crippen molar-refractivity contribution in [1.82, 2.24) is 14.6 Å². The van der Waals surface area contributed by atoms with Crippen LogP contribution >= 0.6 is 46.5 Å². The van der Waals surface area contributed by atoms with Gasteiger partial charge >= 0.3 is 5.97 Å². The molecule has 2 aliphatic heterocycles. The molecule has 1 aromatic heterocycles. The van der Waals surface area contributed by atoms with Gasteiger partial charge < -0.3 is 30.0 Å². The van der Waals surface area contributed by atoms with Crippen LogP contribution < -0.4 is 24.8 Å². The van der Waals surface area contributed by atoms with E-state index < -0.39 is 18.1 Å². The van der Waals surface area contributed by atoms with E-state index in [1.54, 1.807) is 30.5 Å². The van der Waals surface area contributed by atoms with Crippen LogP contribution in [0.4, 0.5) is 5.13 Å². The van der Waals surface area contributed by atoms with Crippen molar-refractivity contribution in [3.05, 3.63) is 158 Å². The number of carbonyl (C=O) groups excluding carboxylic acids is 2. The van der Waals surface area contributed by atoms with Gasteiger partial charge in [-0.2, -0.15) is 5.26 Å². The van der Waals surface area contributed by atoms with E-state index in [0.717, 1.165) is 38.9 Å². The Morgan fingerprint density at radius 3 is 2.29 bits per heavy atom. The molecule has 2 aliphatic rings. The summed E-state index contributed by atoms with van der Waals surface area (Å²) in [5.74, 6) is 0.407. The van der Waals surface area contributed by atoms with Gasteiger partial charge in [-0.15, -0.1) is 11.3 Å². The zero-order chi connectivity index (χ0) is 44.5. The van der Waals surface area contributed by atoms with Gasteiger partial charge in [0.25, 0.3) is 0 Å². The molecule has 0 spiro atoms. The molecule has 8 rings (SSSR count). The van der Waals surface area contributed by atoms with Crippen LogP contribution in [-0.4, -0.2) is 57.1 Å². The molecule has 0 fully saturated rings. The molecular formula is C47H41Cl2N5O7S2. The number of aliphatic carboxylic acids is 1. The molecule has 12 nitrogen and oxygen atoms in total. The largest absolute Gasteiger partial charge is 0.489 e. The Hall–Kier alpha value is -6.08. The maximum atomic E-state index is 13.7. The Bertz CT molecular complexity index is 2610. The number of aromatic nitrogens is 1. The van der Waals surface area contributed by atoms with Crippen LogP contribution in [0.3, 0.4) is 0 Å². The first-order valence-electron chi connectivity index (χ1n) is 19.7. The van der Waals surface area contributed by atoms with Gasteiger partial charge in [0.2, 0.25) is 11.8 Å². The lowest BCUT2D eigenvalue weighted by Gasteiger charge is -2.36. The highest BCUT2D eigenvalue weighted by atomic mass is 35.5. The molecule has 3 N–H and O–H groups in total. The second kappa shape index (κ2) is 20.9. The molecule has 0 saturated heterocycles. The maximum absolute atomic E-state index is 13.7. The monoisotopic (exact) mass is 921 g/mol. The van der Waals surface area contributed by atoms with Crippen LogP contribution in [0.5, 0.6) is 17.2 Å². The number of fused-ring (bicyclic) bond motifs is 2. The molecule has 0 bridgehead atoms. The van der Waals surface area contributed by atoms with Gasteiger partial charge in [-0.05, 0) is 100 Å². The highest BCUT2D eigenvalue weighted by molar-refractivity contribution is 7.96. The number of carbonyl (C=O) groups is 3. The van der Waals surface area contributed by atoms with Gasteiger partial charge in [0.15, 0.2) is 22.7 Å². The molecule has 2 amide bonds. The number of carboxylic acid groups (broad SMARTS) is 1. The average Bonchev–Trinajstić information content (AvgIpc) is 3.81. The number of benzene rings is 5. The summed E-state index contributed by atoms with van der Waals surface area (Å²) in [5, 5.41) is 27.9. The fraction of sp³-hybridized carbons (Fsp3) is 0.213. The first kappa shape index (κ1) is 45.0. The molecule has 322 valence electrons. The number of carboxylic acids is 1. The Balaban J connectivity index is 0.000000589. The van der Waals surface area contributed by atoms with Crippen LogP contribution in [-0.2, 0) is 40.4 Å². The summed E-state index contributed by atoms with van der Waals surface area (Å²) in [4.78, 5) is 40.2. The third-order valence-electron chi connectivity index (χ3n) is 10.3. The Labute approximate surface area is 382 Å². The number of anilines is 1. The first-order chi connectivity index (χ1) is 30.5. The number of hydrogen-bond acceptors (Lipinski definition) is 11. The number of halogens is 2. The minimum absolute atomic E-state index is 0.0787. The van der Waals surface area contributed by atoms with Crippen molar-refractivity contribution in [3.8, 4) is 34.4 Å². The predicted molar refractivity (Wildman–Crippen MR) is 245 cm³/mol. The number of rotatable bonds is 12. The maximum Gasteiger partial charge on any atom is 0.326 e. The van der Waals surface area contributed by atoms with E-state index in [1.165, 1.54) is 30.2 Å². The predicted octanol–water partition coefficient (Wildman–Crippen LogP) is 9.54. The van der Waals surface area contributed by atoms with Crippen molar-refractivity contribution in [2.45, 2.75) is 51.1 Å². The summed E-state index contributed by atoms with van der Waals surface area (Å²) in [6.45, 7) is 2.59. The van der Waals surface area contributed by atoms with Crippen molar-refractivity contribution < 1.29 is 33.7 Å². The third kappa shape index (κ3) is 11.7. The summed E-state index contributed by atoms with van der Waals surface area (Å²) >= 11 is 15.0. The number of thiazole rings is 1. The van der Waals surface area contributed by atoms with E-state index in [4.69, 9.17) is 42.7 Å². The van der Waals surface area contributed by atoms with E-state index in [-0.39, 0.29) is 24.3 Å². The SMILES string of the molecule is CC(=O)Nc1nccs1.CSN1Cc2cc3c(cc2CC1C(=O)N[C@@H](Cc1ccc(-c2ccc(C#N)cc2)cc1)C(=O)O)OCC(c1ccc(OCc2ccc(Cl)c(Cl)c2)cc1)O3. The van der Waals surface area contributed by atoms with Crippen LogP contribution in [0.1, 0.15) is 46.4 Å². The summed E-state index contributed by atoms with van der Waals surface area (Å²) < 4.78 is 20.5. The zero-order valence-electron chi connectivity index (χ0n) is 34.0. The van der Waals surface area contributed by atoms with Crippen molar-refractivity contribution in [3.63, 3.8) is 0 Å². The van der Waals surface area contributed by atoms with Crippen LogP contribution in [0.2, 0.25) is 10.0 Å². The fourth-order valence-electron chi connectivity index (χ4n) is 6.99. The minimum Gasteiger partial charge on any atom is -0.489 e. The van der Waals surface area contributed by atoms with Gasteiger partial charge in [-0.3, -0.25) is 9.59 Å². The minimum atomic E-state index is -1.11. The fourth-order valence-corrected chi connectivity index (χ4v) is 8.58. The Morgan fingerprint density at radius 1 is 0.952 bits per heavy atom. The number of hydrogen-bond donors (Lipinski definition) is 3. The highest BCUT2D eigenvalue weighted by Crippen LogP contribution is 2.41. The lowest BCUT2D eigenvalue weighted by Crippen LogP contribution is -2.52. The summed E-state index contributed by atoms with van der Waals surface area (Å²) in [6.07, 6.45) is 3.75. The molecule has 16 heteroatoms. The van der Waals surface area contributed by atoms with Crippen molar-refractivity contribution in [2.24, 2.45) is 0 Å². The van der Waals surface area contributed by atoms with E-state index in [2.05, 4.69) is 21.7 Å². The van der Waals surface area contributed by atoms with Crippen molar-refractivity contribution >= 4 is 69.4 Å². The van der Waals surface area contributed by atoms with Gasteiger partial charge in [-0.25, -0.2) is 14.1 Å². The lowest BCUT2D eigenvalue weighted by molar-refractivity contribution is -0.142. The number of amides is 2. The quantitative estimate of drug-likeness (QED) is 0.100. The number of ether oxygens (including phenoxy) is 3. The average molecular weight is 923 g/mol. The standard InChI is InChI=1S/C42H35Cl2N3O6S.C5H6N2OS/c1-54-47-22-32-20-39-38(52-24-40(53-39)30-11-13-33(14-12-30)51-23-27-6-15-34(43)35(44)16-27)19-31(32)18-37(47)41(48)46-36(42(49)50)17-25-2-7-28(8-3-25)29-9-4-26(21-45)5-10-29;1-4(8)7-5-6-2-3-9-5/h2-16,19-20,36-37,40H,17-18,22-24H2,1H3,(H,46,48)(H,49,50);2-3H,1H3,(H,6,7,8)/t36-,37?,40?;/m0./s1. The molecular weight excluding hydrogens is 882 g/mol. The first-order valence-corrected chi connectivity index (χ1v) is 22.5. The molecule has 0 saturated carbocycles. The van der Waals surface area contributed by atoms with Gasteiger partial charge in [0.05, 0.1) is 21.7 Å². The summed E-state index contributed by atoms with van der Waals surface area (Å²) in [7, 11) is 0. The normalized spacial score (nSPS) is 15.7. The van der Waals surface area contributed by atoms with Crippen LogP contribution in [0.25, 0.3) is 11.1 Å². The molecule has 6 aromatic rings. The molecule has 3 atom stereocenters. The Kier molecular flexibility index (Phi) is 14.9.